The maximum atomic E-state index is 13.5. The summed E-state index contributed by atoms with van der Waals surface area (Å²) < 4.78 is 10.8. The van der Waals surface area contributed by atoms with Gasteiger partial charge in [-0.3, -0.25) is 19.8 Å². The Labute approximate surface area is 179 Å². The number of hydrogen-bond acceptors (Lipinski definition) is 7. The third-order valence-electron chi connectivity index (χ3n) is 5.23. The maximum absolute atomic E-state index is 13.5. The van der Waals surface area contributed by atoms with Crippen LogP contribution in [0.25, 0.3) is 0 Å². The normalized spacial score (nSPS) is 14.8. The van der Waals surface area contributed by atoms with Crippen molar-refractivity contribution < 1.29 is 18.9 Å². The molecule has 1 fully saturated rings. The molecule has 1 aliphatic heterocycles. The van der Waals surface area contributed by atoms with Crippen molar-refractivity contribution in [3.05, 3.63) is 82.4 Å². The molecule has 1 saturated heterocycles. The van der Waals surface area contributed by atoms with Gasteiger partial charge in [0.15, 0.2) is 0 Å². The molecule has 0 spiro atoms. The molecule has 0 N–H and O–H groups in total. The average molecular weight is 422 g/mol. The van der Waals surface area contributed by atoms with E-state index in [1.54, 1.807) is 48.7 Å². The first-order valence-electron chi connectivity index (χ1n) is 9.95. The number of benzene rings is 1. The Hall–Kier alpha value is -3.72. The highest BCUT2D eigenvalue weighted by molar-refractivity contribution is 6.06. The van der Waals surface area contributed by atoms with Crippen LogP contribution in [-0.2, 0) is 4.74 Å². The third-order valence-corrected chi connectivity index (χ3v) is 5.23. The number of anilines is 2. The quantitative estimate of drug-likeness (QED) is 0.439. The van der Waals surface area contributed by atoms with Crippen LogP contribution in [0.3, 0.4) is 0 Å². The van der Waals surface area contributed by atoms with Gasteiger partial charge in [0.1, 0.15) is 17.3 Å². The molecule has 160 valence electrons. The highest BCUT2D eigenvalue weighted by Crippen LogP contribution is 2.33. The Morgan fingerprint density at radius 2 is 2.00 bits per heavy atom. The summed E-state index contributed by atoms with van der Waals surface area (Å²) in [6, 6.07) is 12.9. The summed E-state index contributed by atoms with van der Waals surface area (Å²) in [6.45, 7) is 3.95. The number of hydrogen-bond donors (Lipinski definition) is 0. The zero-order valence-corrected chi connectivity index (χ0v) is 17.0. The van der Waals surface area contributed by atoms with Gasteiger partial charge in [0.05, 0.1) is 30.4 Å². The van der Waals surface area contributed by atoms with Crippen molar-refractivity contribution in [1.82, 2.24) is 4.98 Å². The van der Waals surface area contributed by atoms with E-state index < -0.39 is 16.9 Å². The van der Waals surface area contributed by atoms with Crippen molar-refractivity contribution in [1.29, 1.82) is 0 Å². The summed E-state index contributed by atoms with van der Waals surface area (Å²) >= 11 is 0. The Morgan fingerprint density at radius 1 is 1.19 bits per heavy atom. The third kappa shape index (κ3) is 4.26. The maximum Gasteiger partial charge on any atom is 0.293 e. The molecule has 9 heteroatoms. The standard InChI is InChI=1S/C22H22N4O5/c1-16(20-5-4-12-31-20)25(21-6-2-3-9-23-21)22(27)17-7-8-18(19(15-17)26(28)29)24-10-13-30-14-11-24/h2-9,12,15-16H,10-11,13-14H2,1H3/t16-/m1/s1. The largest absolute Gasteiger partial charge is 0.467 e. The van der Waals surface area contributed by atoms with Gasteiger partial charge in [-0.25, -0.2) is 4.98 Å². The molecule has 0 saturated carbocycles. The van der Waals surface area contributed by atoms with Crippen LogP contribution in [0.4, 0.5) is 17.2 Å². The van der Waals surface area contributed by atoms with E-state index >= 15 is 0 Å². The molecule has 4 rings (SSSR count). The number of nitrogens with zero attached hydrogens (tertiary/aromatic N) is 4. The molecule has 0 bridgehead atoms. The van der Waals surface area contributed by atoms with Crippen molar-refractivity contribution in [2.24, 2.45) is 0 Å². The number of aromatic nitrogens is 1. The van der Waals surface area contributed by atoms with Crippen LogP contribution >= 0.6 is 0 Å². The number of nitro groups is 1. The minimum absolute atomic E-state index is 0.112. The molecule has 1 atom stereocenters. The zero-order valence-electron chi connectivity index (χ0n) is 17.0. The lowest BCUT2D eigenvalue weighted by Gasteiger charge is -2.29. The van der Waals surface area contributed by atoms with Crippen molar-refractivity contribution in [3.8, 4) is 0 Å². The van der Waals surface area contributed by atoms with Crippen molar-refractivity contribution >= 4 is 23.1 Å². The van der Waals surface area contributed by atoms with Crippen LogP contribution in [0.2, 0.25) is 0 Å². The van der Waals surface area contributed by atoms with Gasteiger partial charge >= 0.3 is 0 Å². The van der Waals surface area contributed by atoms with E-state index in [0.29, 0.717) is 43.6 Å². The highest BCUT2D eigenvalue weighted by Gasteiger charge is 2.30. The first-order valence-corrected chi connectivity index (χ1v) is 9.95. The van der Waals surface area contributed by atoms with Gasteiger partial charge in [-0.2, -0.15) is 0 Å². The first-order chi connectivity index (χ1) is 15.1. The van der Waals surface area contributed by atoms with Crippen LogP contribution in [0.15, 0.2) is 65.4 Å². The summed E-state index contributed by atoms with van der Waals surface area (Å²) in [5, 5.41) is 11.8. The van der Waals surface area contributed by atoms with E-state index in [9.17, 15) is 14.9 Å². The van der Waals surface area contributed by atoms with E-state index in [1.807, 2.05) is 11.8 Å². The Kier molecular flexibility index (Phi) is 5.94. The molecule has 1 aromatic carbocycles. The second-order valence-corrected chi connectivity index (χ2v) is 7.11. The molecule has 1 aliphatic rings. The van der Waals surface area contributed by atoms with Crippen LogP contribution in [-0.4, -0.2) is 42.1 Å². The topological polar surface area (TPSA) is 102 Å². The lowest BCUT2D eigenvalue weighted by atomic mass is 10.1. The number of nitro benzene ring substituents is 1. The number of carbonyl (C=O) groups is 1. The monoisotopic (exact) mass is 422 g/mol. The number of carbonyl (C=O) groups excluding carboxylic acids is 1. The summed E-state index contributed by atoms with van der Waals surface area (Å²) in [7, 11) is 0. The van der Waals surface area contributed by atoms with Gasteiger partial charge < -0.3 is 14.1 Å². The molecule has 0 radical (unpaired) electrons. The summed E-state index contributed by atoms with van der Waals surface area (Å²) in [5.41, 5.74) is 0.570. The van der Waals surface area contributed by atoms with Gasteiger partial charge in [-0.15, -0.1) is 0 Å². The number of morpholine rings is 1. The Balaban J connectivity index is 1.73. The fraction of sp³-hybridized carbons (Fsp3) is 0.273. The lowest BCUT2D eigenvalue weighted by molar-refractivity contribution is -0.384. The molecular weight excluding hydrogens is 400 g/mol. The van der Waals surface area contributed by atoms with Crippen LogP contribution in [0.5, 0.6) is 0 Å². The summed E-state index contributed by atoms with van der Waals surface area (Å²) in [4.78, 5) is 32.6. The molecule has 2 aromatic heterocycles. The molecule has 0 unspecified atom stereocenters. The molecular formula is C22H22N4O5. The minimum atomic E-state index is -0.463. The molecule has 31 heavy (non-hydrogen) atoms. The second kappa shape index (κ2) is 8.97. The second-order valence-electron chi connectivity index (χ2n) is 7.11. The van der Waals surface area contributed by atoms with E-state index in [2.05, 4.69) is 4.98 Å². The number of amides is 1. The summed E-state index contributed by atoms with van der Waals surface area (Å²) in [5.74, 6) is 0.606. The fourth-order valence-corrected chi connectivity index (χ4v) is 3.64. The van der Waals surface area contributed by atoms with Gasteiger partial charge in [0, 0.05) is 30.9 Å². The van der Waals surface area contributed by atoms with Crippen LogP contribution in [0, 0.1) is 10.1 Å². The fourth-order valence-electron chi connectivity index (χ4n) is 3.64. The lowest BCUT2D eigenvalue weighted by Crippen LogP contribution is -2.37. The average Bonchev–Trinajstić information content (AvgIpc) is 3.35. The predicted molar refractivity (Wildman–Crippen MR) is 114 cm³/mol. The SMILES string of the molecule is C[C@H](c1ccco1)N(C(=O)c1ccc(N2CCOCC2)c([N+](=O)[O-])c1)c1ccccn1. The van der Waals surface area contributed by atoms with Crippen LogP contribution in [0.1, 0.15) is 29.1 Å². The number of furan rings is 1. The Bertz CT molecular complexity index is 1050. The zero-order chi connectivity index (χ0) is 21.8. The Morgan fingerprint density at radius 3 is 2.65 bits per heavy atom. The van der Waals surface area contributed by atoms with Crippen LogP contribution < -0.4 is 9.80 Å². The van der Waals surface area contributed by atoms with E-state index in [-0.39, 0.29) is 11.3 Å². The first kappa shape index (κ1) is 20.5. The summed E-state index contributed by atoms with van der Waals surface area (Å²) in [6.07, 6.45) is 3.13. The van der Waals surface area contributed by atoms with Gasteiger partial charge in [-0.1, -0.05) is 6.07 Å². The van der Waals surface area contributed by atoms with E-state index in [1.165, 1.54) is 17.2 Å². The van der Waals surface area contributed by atoms with Crippen molar-refractivity contribution in [2.45, 2.75) is 13.0 Å². The van der Waals surface area contributed by atoms with Gasteiger partial charge in [-0.05, 0) is 43.3 Å². The molecule has 3 heterocycles. The highest BCUT2D eigenvalue weighted by atomic mass is 16.6. The number of pyridine rings is 1. The molecule has 1 amide bonds. The number of ether oxygens (including phenoxy) is 1. The van der Waals surface area contributed by atoms with Crippen molar-refractivity contribution in [3.63, 3.8) is 0 Å². The molecule has 9 nitrogen and oxygen atoms in total. The molecule has 3 aromatic rings. The number of rotatable bonds is 6. The molecule has 0 aliphatic carbocycles. The van der Waals surface area contributed by atoms with Gasteiger partial charge in [0.25, 0.3) is 11.6 Å². The van der Waals surface area contributed by atoms with Crippen molar-refractivity contribution in [2.75, 3.05) is 36.1 Å². The van der Waals surface area contributed by atoms with E-state index in [0.717, 1.165) is 0 Å². The van der Waals surface area contributed by atoms with E-state index in [4.69, 9.17) is 9.15 Å². The smallest absolute Gasteiger partial charge is 0.293 e. The minimum Gasteiger partial charge on any atom is -0.467 e. The van der Waals surface area contributed by atoms with Gasteiger partial charge in [0.2, 0.25) is 0 Å². The predicted octanol–water partition coefficient (Wildman–Crippen LogP) is 3.83.